The quantitative estimate of drug-likeness (QED) is 0.207. The molecule has 7 aromatic rings. The Morgan fingerprint density at radius 1 is 0.357 bits per heavy atom. The molecule has 0 atom stereocenters. The predicted octanol–water partition coefficient (Wildman–Crippen LogP) is 9.07. The van der Waals surface area contributed by atoms with Gasteiger partial charge in [0.2, 0.25) is 23.6 Å². The SMILES string of the molecule is Cc1cc(-c2ccc(-c3nnc(-c4ccccc4)o3)cc2)c(C)cc1-c1ccc(-c2nnc(-c3ccccc3)o2)cc1. The summed E-state index contributed by atoms with van der Waals surface area (Å²) in [6.45, 7) is 4.29. The van der Waals surface area contributed by atoms with Crippen molar-refractivity contribution in [2.24, 2.45) is 0 Å². The summed E-state index contributed by atoms with van der Waals surface area (Å²) in [5.41, 5.74) is 10.6. The first kappa shape index (κ1) is 25.4. The maximum absolute atomic E-state index is 5.93. The lowest BCUT2D eigenvalue weighted by molar-refractivity contribution is 0.584. The Balaban J connectivity index is 1.11. The van der Waals surface area contributed by atoms with Crippen LogP contribution < -0.4 is 0 Å². The van der Waals surface area contributed by atoms with Crippen LogP contribution in [-0.4, -0.2) is 20.4 Å². The Labute approximate surface area is 243 Å². The molecule has 6 nitrogen and oxygen atoms in total. The van der Waals surface area contributed by atoms with E-state index in [4.69, 9.17) is 8.83 Å². The molecule has 6 heteroatoms. The molecule has 0 aliphatic carbocycles. The first-order chi connectivity index (χ1) is 20.6. The van der Waals surface area contributed by atoms with Crippen molar-refractivity contribution in [3.63, 3.8) is 0 Å². The maximum atomic E-state index is 5.93. The van der Waals surface area contributed by atoms with Gasteiger partial charge in [-0.3, -0.25) is 0 Å². The molecule has 0 saturated heterocycles. The summed E-state index contributed by atoms with van der Waals surface area (Å²) in [6, 6.07) is 40.6. The van der Waals surface area contributed by atoms with Crippen LogP contribution in [0.4, 0.5) is 0 Å². The van der Waals surface area contributed by atoms with E-state index in [-0.39, 0.29) is 0 Å². The second-order valence-corrected chi connectivity index (χ2v) is 10.2. The molecule has 0 fully saturated rings. The molecule has 0 aliphatic heterocycles. The third-order valence-corrected chi connectivity index (χ3v) is 7.35. The molecule has 0 unspecified atom stereocenters. The van der Waals surface area contributed by atoms with E-state index in [1.807, 2.05) is 84.9 Å². The highest BCUT2D eigenvalue weighted by Gasteiger charge is 2.14. The Morgan fingerprint density at radius 3 is 0.976 bits per heavy atom. The molecule has 0 saturated carbocycles. The van der Waals surface area contributed by atoms with Crippen molar-refractivity contribution in [2.75, 3.05) is 0 Å². The first-order valence-electron chi connectivity index (χ1n) is 13.7. The molecule has 5 aromatic carbocycles. The van der Waals surface area contributed by atoms with Gasteiger partial charge in [0.25, 0.3) is 0 Å². The summed E-state index contributed by atoms with van der Waals surface area (Å²) in [4.78, 5) is 0. The largest absolute Gasteiger partial charge is 0.416 e. The number of hydrogen-bond donors (Lipinski definition) is 0. The third kappa shape index (κ3) is 4.90. The van der Waals surface area contributed by atoms with E-state index in [1.165, 1.54) is 22.3 Å². The highest BCUT2D eigenvalue weighted by Crippen LogP contribution is 2.34. The Kier molecular flexibility index (Phi) is 6.49. The average molecular weight is 547 g/mol. The Morgan fingerprint density at radius 2 is 0.643 bits per heavy atom. The van der Waals surface area contributed by atoms with Crippen LogP contribution in [0.1, 0.15) is 11.1 Å². The van der Waals surface area contributed by atoms with Crippen LogP contribution in [0.5, 0.6) is 0 Å². The van der Waals surface area contributed by atoms with Gasteiger partial charge in [-0.1, -0.05) is 72.8 Å². The first-order valence-corrected chi connectivity index (χ1v) is 13.7. The summed E-state index contributed by atoms with van der Waals surface area (Å²) in [6.07, 6.45) is 0. The van der Waals surface area contributed by atoms with Crippen molar-refractivity contribution in [2.45, 2.75) is 13.8 Å². The van der Waals surface area contributed by atoms with Crippen LogP contribution in [0.15, 0.2) is 130 Å². The summed E-state index contributed by atoms with van der Waals surface area (Å²) < 4.78 is 11.9. The molecular formula is C36H26N4O2. The molecule has 0 N–H and O–H groups in total. The molecule has 0 bridgehead atoms. The van der Waals surface area contributed by atoms with Gasteiger partial charge in [-0.2, -0.15) is 0 Å². The van der Waals surface area contributed by atoms with E-state index >= 15 is 0 Å². The Hall–Kier alpha value is -5.62. The molecular weight excluding hydrogens is 520 g/mol. The van der Waals surface area contributed by atoms with Crippen LogP contribution >= 0.6 is 0 Å². The van der Waals surface area contributed by atoms with Crippen LogP contribution in [0, 0.1) is 13.8 Å². The number of aryl methyl sites for hydroxylation is 2. The van der Waals surface area contributed by atoms with E-state index in [0.717, 1.165) is 33.4 Å². The lowest BCUT2D eigenvalue weighted by Crippen LogP contribution is -1.91. The van der Waals surface area contributed by atoms with Gasteiger partial charge < -0.3 is 8.83 Å². The minimum absolute atomic E-state index is 0.504. The van der Waals surface area contributed by atoms with Crippen molar-refractivity contribution >= 4 is 0 Å². The zero-order chi connectivity index (χ0) is 28.5. The molecule has 202 valence electrons. The second kappa shape index (κ2) is 10.7. The van der Waals surface area contributed by atoms with Gasteiger partial charge in [0.05, 0.1) is 0 Å². The van der Waals surface area contributed by atoms with Crippen molar-refractivity contribution in [3.8, 4) is 68.1 Å². The summed E-state index contributed by atoms with van der Waals surface area (Å²) in [5.74, 6) is 2.03. The van der Waals surface area contributed by atoms with Crippen molar-refractivity contribution in [1.29, 1.82) is 0 Å². The molecule has 2 heterocycles. The summed E-state index contributed by atoms with van der Waals surface area (Å²) in [7, 11) is 0. The lowest BCUT2D eigenvalue weighted by atomic mass is 9.91. The molecule has 42 heavy (non-hydrogen) atoms. The number of nitrogens with zero attached hydrogens (tertiary/aromatic N) is 4. The van der Waals surface area contributed by atoms with Crippen molar-refractivity contribution in [3.05, 3.63) is 132 Å². The van der Waals surface area contributed by atoms with E-state index in [1.54, 1.807) is 0 Å². The van der Waals surface area contributed by atoms with E-state index in [2.05, 4.69) is 70.6 Å². The van der Waals surface area contributed by atoms with E-state index < -0.39 is 0 Å². The molecule has 0 amide bonds. The predicted molar refractivity (Wildman–Crippen MR) is 164 cm³/mol. The molecule has 2 aromatic heterocycles. The average Bonchev–Trinajstić information content (AvgIpc) is 3.75. The number of benzene rings is 5. The third-order valence-electron chi connectivity index (χ3n) is 7.35. The lowest BCUT2D eigenvalue weighted by Gasteiger charge is -2.13. The highest BCUT2D eigenvalue weighted by molar-refractivity contribution is 5.78. The van der Waals surface area contributed by atoms with E-state index in [0.29, 0.717) is 23.6 Å². The van der Waals surface area contributed by atoms with E-state index in [9.17, 15) is 0 Å². The molecule has 0 radical (unpaired) electrons. The second-order valence-electron chi connectivity index (χ2n) is 10.2. The normalized spacial score (nSPS) is 11.1. The van der Waals surface area contributed by atoms with Crippen LogP contribution in [0.3, 0.4) is 0 Å². The molecule has 7 rings (SSSR count). The van der Waals surface area contributed by atoms with Crippen molar-refractivity contribution < 1.29 is 8.83 Å². The molecule has 0 spiro atoms. The minimum Gasteiger partial charge on any atom is -0.416 e. The van der Waals surface area contributed by atoms with Crippen LogP contribution in [0.2, 0.25) is 0 Å². The summed E-state index contributed by atoms with van der Waals surface area (Å²) in [5, 5.41) is 16.9. The fourth-order valence-corrected chi connectivity index (χ4v) is 5.10. The fourth-order valence-electron chi connectivity index (χ4n) is 5.10. The van der Waals surface area contributed by atoms with Gasteiger partial charge >= 0.3 is 0 Å². The number of aromatic nitrogens is 4. The summed E-state index contributed by atoms with van der Waals surface area (Å²) >= 11 is 0. The van der Waals surface area contributed by atoms with Gasteiger partial charge in [-0.25, -0.2) is 0 Å². The zero-order valence-electron chi connectivity index (χ0n) is 23.2. The van der Waals surface area contributed by atoms with Gasteiger partial charge in [-0.05, 0) is 95.8 Å². The van der Waals surface area contributed by atoms with Gasteiger partial charge in [0.15, 0.2) is 0 Å². The maximum Gasteiger partial charge on any atom is 0.248 e. The molecule has 0 aliphatic rings. The topological polar surface area (TPSA) is 77.8 Å². The van der Waals surface area contributed by atoms with Crippen LogP contribution in [-0.2, 0) is 0 Å². The zero-order valence-corrected chi connectivity index (χ0v) is 23.2. The highest BCUT2D eigenvalue weighted by atomic mass is 16.4. The Bertz CT molecular complexity index is 1830. The standard InChI is InChI=1S/C36H26N4O2/c1-23-21-32(26-15-19-30(20-16-26)36-40-38-34(42-36)28-11-7-4-8-12-28)24(2)22-31(23)25-13-17-29(18-14-25)35-39-37-33(41-35)27-9-5-3-6-10-27/h3-22H,1-2H3. The number of rotatable bonds is 6. The van der Waals surface area contributed by atoms with Gasteiger partial charge in [0, 0.05) is 22.3 Å². The van der Waals surface area contributed by atoms with Crippen molar-refractivity contribution in [1.82, 2.24) is 20.4 Å². The smallest absolute Gasteiger partial charge is 0.248 e. The minimum atomic E-state index is 0.504. The van der Waals surface area contributed by atoms with Crippen LogP contribution in [0.25, 0.3) is 68.1 Å². The monoisotopic (exact) mass is 546 g/mol. The van der Waals surface area contributed by atoms with Gasteiger partial charge in [0.1, 0.15) is 0 Å². The van der Waals surface area contributed by atoms with Gasteiger partial charge in [-0.15, -0.1) is 20.4 Å². The number of hydrogen-bond acceptors (Lipinski definition) is 6. The fraction of sp³-hybridized carbons (Fsp3) is 0.0556.